The van der Waals surface area contributed by atoms with Gasteiger partial charge in [-0.1, -0.05) is 15.9 Å². The second kappa shape index (κ2) is 9.20. The van der Waals surface area contributed by atoms with Crippen LogP contribution in [-0.2, 0) is 27.8 Å². The van der Waals surface area contributed by atoms with Crippen molar-refractivity contribution in [3.05, 3.63) is 75.4 Å². The molecular weight excluding hydrogens is 472 g/mol. The van der Waals surface area contributed by atoms with Gasteiger partial charge in [0.2, 0.25) is 10.0 Å². The molecule has 30 heavy (non-hydrogen) atoms. The highest BCUT2D eigenvalue weighted by atomic mass is 79.9. The summed E-state index contributed by atoms with van der Waals surface area (Å²) < 4.78 is 39.4. The third-order valence-corrected chi connectivity index (χ3v) is 7.11. The largest absolute Gasteiger partial charge is 0.468 e. The molecule has 1 aromatic carbocycles. The maximum absolute atomic E-state index is 13.4. The van der Waals surface area contributed by atoms with Crippen molar-refractivity contribution in [1.82, 2.24) is 9.29 Å². The lowest BCUT2D eigenvalue weighted by molar-refractivity contribution is 0.0519. The van der Waals surface area contributed by atoms with E-state index in [2.05, 4.69) is 20.9 Å². The smallest absolute Gasteiger partial charge is 0.355 e. The van der Waals surface area contributed by atoms with Gasteiger partial charge in [0, 0.05) is 16.7 Å². The fourth-order valence-electron chi connectivity index (χ4n) is 3.17. The Balaban J connectivity index is 2.00. The minimum Gasteiger partial charge on any atom is -0.468 e. The van der Waals surface area contributed by atoms with Gasteiger partial charge in [-0.15, -0.1) is 0 Å². The van der Waals surface area contributed by atoms with E-state index < -0.39 is 16.0 Å². The molecule has 0 bridgehead atoms. The third kappa shape index (κ3) is 4.69. The van der Waals surface area contributed by atoms with Gasteiger partial charge in [-0.3, -0.25) is 0 Å². The molecule has 7 nitrogen and oxygen atoms in total. The molecule has 0 saturated heterocycles. The number of rotatable bonds is 8. The number of benzene rings is 1. The van der Waals surface area contributed by atoms with E-state index >= 15 is 0 Å². The summed E-state index contributed by atoms with van der Waals surface area (Å²) in [5.74, 6) is 0.0600. The SMILES string of the molecule is CCOC(=O)c1[nH]c(C)c(CN(Cc2ccco2)S(=O)(=O)c2ccc(Br)cc2)c1C. The molecular formula is C21H23BrN2O5S. The number of aromatic nitrogens is 1. The average molecular weight is 495 g/mol. The van der Waals surface area contributed by atoms with Crippen molar-refractivity contribution in [1.29, 1.82) is 0 Å². The number of furan rings is 1. The van der Waals surface area contributed by atoms with Crippen molar-refractivity contribution in [2.45, 2.75) is 38.8 Å². The van der Waals surface area contributed by atoms with Gasteiger partial charge in [-0.25, -0.2) is 13.2 Å². The molecule has 0 unspecified atom stereocenters. The van der Waals surface area contributed by atoms with Crippen LogP contribution in [0.1, 0.15) is 40.0 Å². The number of hydrogen-bond acceptors (Lipinski definition) is 5. The second-order valence-electron chi connectivity index (χ2n) is 6.76. The number of sulfonamides is 1. The Morgan fingerprint density at radius 3 is 2.47 bits per heavy atom. The summed E-state index contributed by atoms with van der Waals surface area (Å²) in [6.07, 6.45) is 1.51. The minimum absolute atomic E-state index is 0.0597. The van der Waals surface area contributed by atoms with Crippen molar-refractivity contribution in [2.24, 2.45) is 0 Å². The number of halogens is 1. The summed E-state index contributed by atoms with van der Waals surface area (Å²) in [7, 11) is -3.82. The van der Waals surface area contributed by atoms with E-state index in [4.69, 9.17) is 9.15 Å². The molecule has 0 aliphatic rings. The first-order valence-electron chi connectivity index (χ1n) is 9.37. The molecule has 0 radical (unpaired) electrons. The zero-order valence-corrected chi connectivity index (χ0v) is 19.3. The Morgan fingerprint density at radius 1 is 1.17 bits per heavy atom. The maximum Gasteiger partial charge on any atom is 0.355 e. The second-order valence-corrected chi connectivity index (χ2v) is 9.61. The number of nitrogens with zero attached hydrogens (tertiary/aromatic N) is 1. The average Bonchev–Trinajstić information content (AvgIpc) is 3.31. The minimum atomic E-state index is -3.82. The van der Waals surface area contributed by atoms with Gasteiger partial charge in [0.15, 0.2) is 0 Å². The third-order valence-electron chi connectivity index (χ3n) is 4.77. The predicted molar refractivity (Wildman–Crippen MR) is 116 cm³/mol. The van der Waals surface area contributed by atoms with Crippen molar-refractivity contribution in [3.63, 3.8) is 0 Å². The van der Waals surface area contributed by atoms with Crippen LogP contribution in [0.4, 0.5) is 0 Å². The van der Waals surface area contributed by atoms with Crippen LogP contribution in [0.5, 0.6) is 0 Å². The van der Waals surface area contributed by atoms with E-state index in [9.17, 15) is 13.2 Å². The summed E-state index contributed by atoms with van der Waals surface area (Å²) >= 11 is 3.33. The molecule has 0 spiro atoms. The summed E-state index contributed by atoms with van der Waals surface area (Å²) in [6.45, 7) is 5.72. The number of carbonyl (C=O) groups excluding carboxylic acids is 1. The highest BCUT2D eigenvalue weighted by Crippen LogP contribution is 2.27. The monoisotopic (exact) mass is 494 g/mol. The quantitative estimate of drug-likeness (QED) is 0.463. The molecule has 3 rings (SSSR count). The molecule has 0 aliphatic heterocycles. The van der Waals surface area contributed by atoms with Gasteiger partial charge in [-0.05, 0) is 68.3 Å². The molecule has 2 aromatic heterocycles. The van der Waals surface area contributed by atoms with Gasteiger partial charge in [0.05, 0.1) is 24.3 Å². The zero-order valence-electron chi connectivity index (χ0n) is 16.9. The highest BCUT2D eigenvalue weighted by Gasteiger charge is 2.28. The van der Waals surface area contributed by atoms with E-state index in [0.29, 0.717) is 22.7 Å². The van der Waals surface area contributed by atoms with Crippen LogP contribution < -0.4 is 0 Å². The first-order valence-corrected chi connectivity index (χ1v) is 11.6. The Hall–Kier alpha value is -2.36. The number of esters is 1. The molecule has 0 atom stereocenters. The normalized spacial score (nSPS) is 11.8. The van der Waals surface area contributed by atoms with Gasteiger partial charge >= 0.3 is 5.97 Å². The summed E-state index contributed by atoms with van der Waals surface area (Å²) in [5.41, 5.74) is 2.45. The summed E-state index contributed by atoms with van der Waals surface area (Å²) in [4.78, 5) is 15.4. The highest BCUT2D eigenvalue weighted by molar-refractivity contribution is 9.10. The Bertz CT molecular complexity index is 1120. The number of nitrogens with one attached hydrogen (secondary N) is 1. The summed E-state index contributed by atoms with van der Waals surface area (Å²) in [5, 5.41) is 0. The summed E-state index contributed by atoms with van der Waals surface area (Å²) in [6, 6.07) is 9.91. The lowest BCUT2D eigenvalue weighted by Gasteiger charge is -2.22. The van der Waals surface area contributed by atoms with E-state index in [-0.39, 0.29) is 24.6 Å². The van der Waals surface area contributed by atoms with Crippen LogP contribution in [0.15, 0.2) is 56.4 Å². The molecule has 1 N–H and O–H groups in total. The lowest BCUT2D eigenvalue weighted by Crippen LogP contribution is -2.30. The van der Waals surface area contributed by atoms with Crippen molar-refractivity contribution in [2.75, 3.05) is 6.61 Å². The first-order chi connectivity index (χ1) is 14.2. The van der Waals surface area contributed by atoms with Crippen molar-refractivity contribution in [3.8, 4) is 0 Å². The fraction of sp³-hybridized carbons (Fsp3) is 0.286. The Morgan fingerprint density at radius 2 is 1.87 bits per heavy atom. The Labute approximate surface area is 184 Å². The van der Waals surface area contributed by atoms with E-state index in [0.717, 1.165) is 10.0 Å². The first kappa shape index (κ1) is 22.3. The number of hydrogen-bond donors (Lipinski definition) is 1. The molecule has 2 heterocycles. The van der Waals surface area contributed by atoms with Gasteiger partial charge in [0.1, 0.15) is 11.5 Å². The van der Waals surface area contributed by atoms with Crippen LogP contribution in [0, 0.1) is 13.8 Å². The van der Waals surface area contributed by atoms with Crippen LogP contribution in [-0.4, -0.2) is 30.3 Å². The zero-order chi connectivity index (χ0) is 21.9. The topological polar surface area (TPSA) is 92.6 Å². The van der Waals surface area contributed by atoms with Crippen LogP contribution in [0.2, 0.25) is 0 Å². The van der Waals surface area contributed by atoms with Gasteiger partial charge < -0.3 is 14.1 Å². The van der Waals surface area contributed by atoms with Crippen LogP contribution in [0.25, 0.3) is 0 Å². The lowest BCUT2D eigenvalue weighted by atomic mass is 10.1. The predicted octanol–water partition coefficient (Wildman–Crippen LogP) is 4.55. The van der Waals surface area contributed by atoms with E-state index in [1.807, 2.05) is 6.92 Å². The molecule has 0 amide bonds. The molecule has 3 aromatic rings. The fourth-order valence-corrected chi connectivity index (χ4v) is 4.81. The number of aromatic amines is 1. The number of carbonyl (C=O) groups is 1. The van der Waals surface area contributed by atoms with E-state index in [1.165, 1.54) is 10.6 Å². The van der Waals surface area contributed by atoms with Crippen molar-refractivity contribution < 1.29 is 22.4 Å². The number of H-pyrrole nitrogens is 1. The van der Waals surface area contributed by atoms with Crippen LogP contribution in [0.3, 0.4) is 0 Å². The Kier molecular flexibility index (Phi) is 6.84. The van der Waals surface area contributed by atoms with Gasteiger partial charge in [-0.2, -0.15) is 4.31 Å². The standard InChI is InChI=1S/C21H23BrN2O5S/c1-4-28-21(25)20-14(2)19(15(3)23-20)13-24(12-17-6-5-11-29-17)30(26,27)18-9-7-16(22)8-10-18/h5-11,23H,4,12-13H2,1-3H3. The molecule has 0 saturated carbocycles. The van der Waals surface area contributed by atoms with Crippen molar-refractivity contribution >= 4 is 31.9 Å². The van der Waals surface area contributed by atoms with E-state index in [1.54, 1.807) is 50.2 Å². The maximum atomic E-state index is 13.4. The van der Waals surface area contributed by atoms with Crippen LogP contribution >= 0.6 is 15.9 Å². The molecule has 0 fully saturated rings. The molecule has 0 aliphatic carbocycles. The molecule has 160 valence electrons. The molecule has 9 heteroatoms. The number of aryl methyl sites for hydroxylation is 1. The van der Waals surface area contributed by atoms with Gasteiger partial charge in [0.25, 0.3) is 0 Å². The number of ether oxygens (including phenoxy) is 1.